The van der Waals surface area contributed by atoms with Crippen LogP contribution in [0.3, 0.4) is 0 Å². The number of aliphatic hydroxyl groups is 1. The second-order valence-corrected chi connectivity index (χ2v) is 3.21. The lowest BCUT2D eigenvalue weighted by atomic mass is 10.4. The van der Waals surface area contributed by atoms with Crippen LogP contribution in [0.25, 0.3) is 0 Å². The molecule has 3 N–H and O–H groups in total. The number of aromatic nitrogens is 1. The van der Waals surface area contributed by atoms with Gasteiger partial charge >= 0.3 is 0 Å². The summed E-state index contributed by atoms with van der Waals surface area (Å²) in [6, 6.07) is 0. The number of pyridine rings is 1. The van der Waals surface area contributed by atoms with Crippen LogP contribution >= 0.6 is 15.9 Å². The molecule has 0 aliphatic rings. The minimum Gasteiger partial charge on any atom is -0.395 e. The molecule has 66 valence electrons. The molecule has 12 heavy (non-hydrogen) atoms. The highest BCUT2D eigenvalue weighted by atomic mass is 79.9. The minimum absolute atomic E-state index is 0.0226. The van der Waals surface area contributed by atoms with Crippen LogP contribution < -0.4 is 11.2 Å². The summed E-state index contributed by atoms with van der Waals surface area (Å²) in [4.78, 5) is 11.1. The lowest BCUT2D eigenvalue weighted by Crippen LogP contribution is -2.14. The minimum atomic E-state index is -0.218. The van der Waals surface area contributed by atoms with Gasteiger partial charge in [0.2, 0.25) is 5.43 Å². The van der Waals surface area contributed by atoms with Crippen LogP contribution in [0.2, 0.25) is 0 Å². The van der Waals surface area contributed by atoms with Gasteiger partial charge in [-0.15, -0.1) is 0 Å². The molecule has 0 atom stereocenters. The predicted molar refractivity (Wildman–Crippen MR) is 49.9 cm³/mol. The van der Waals surface area contributed by atoms with Crippen LogP contribution in [-0.4, -0.2) is 16.3 Å². The summed E-state index contributed by atoms with van der Waals surface area (Å²) in [5.41, 5.74) is 5.37. The van der Waals surface area contributed by atoms with Gasteiger partial charge in [0.1, 0.15) is 0 Å². The van der Waals surface area contributed by atoms with Gasteiger partial charge in [-0.25, -0.2) is 0 Å². The number of hydrogen-bond donors (Lipinski definition) is 2. The first kappa shape index (κ1) is 9.28. The van der Waals surface area contributed by atoms with E-state index in [0.29, 0.717) is 11.0 Å². The Hall–Kier alpha value is -0.810. The molecule has 0 spiro atoms. The van der Waals surface area contributed by atoms with Gasteiger partial charge in [-0.3, -0.25) is 4.79 Å². The third-order valence-electron chi connectivity index (χ3n) is 1.42. The number of rotatable bonds is 2. The van der Waals surface area contributed by atoms with Crippen molar-refractivity contribution in [2.24, 2.45) is 0 Å². The Kier molecular flexibility index (Phi) is 2.88. The molecule has 1 rings (SSSR count). The van der Waals surface area contributed by atoms with Gasteiger partial charge in [-0.1, -0.05) is 0 Å². The maximum absolute atomic E-state index is 11.1. The van der Waals surface area contributed by atoms with E-state index in [1.807, 2.05) is 0 Å². The Bertz CT molecular complexity index is 308. The molecule has 1 aromatic rings. The summed E-state index contributed by atoms with van der Waals surface area (Å²) in [5, 5.41) is 8.62. The molecule has 0 unspecified atom stereocenters. The van der Waals surface area contributed by atoms with E-state index in [-0.39, 0.29) is 17.7 Å². The van der Waals surface area contributed by atoms with Crippen LogP contribution in [0.4, 0.5) is 5.69 Å². The van der Waals surface area contributed by atoms with Gasteiger partial charge in [0.25, 0.3) is 0 Å². The zero-order valence-electron chi connectivity index (χ0n) is 6.33. The molecular weight excluding hydrogens is 224 g/mol. The highest BCUT2D eigenvalue weighted by Gasteiger charge is 2.00. The van der Waals surface area contributed by atoms with E-state index in [9.17, 15) is 4.79 Å². The van der Waals surface area contributed by atoms with Crippen molar-refractivity contribution in [3.8, 4) is 0 Å². The normalized spacial score (nSPS) is 10.2. The molecule has 0 aliphatic heterocycles. The van der Waals surface area contributed by atoms with Gasteiger partial charge < -0.3 is 15.4 Å². The van der Waals surface area contributed by atoms with Gasteiger partial charge in [-0.2, -0.15) is 0 Å². The summed E-state index contributed by atoms with van der Waals surface area (Å²) in [6.07, 6.45) is 3.10. The second kappa shape index (κ2) is 3.73. The summed E-state index contributed by atoms with van der Waals surface area (Å²) >= 11 is 3.07. The Morgan fingerprint density at radius 3 is 2.75 bits per heavy atom. The SMILES string of the molecule is Nc1cn(CCO)cc(Br)c1=O. The largest absolute Gasteiger partial charge is 0.395 e. The quantitative estimate of drug-likeness (QED) is 0.765. The van der Waals surface area contributed by atoms with Crippen molar-refractivity contribution in [2.75, 3.05) is 12.3 Å². The molecule has 0 radical (unpaired) electrons. The summed E-state index contributed by atoms with van der Waals surface area (Å²) in [6.45, 7) is 0.456. The molecule has 0 saturated carbocycles. The molecule has 0 bridgehead atoms. The summed E-state index contributed by atoms with van der Waals surface area (Å²) in [7, 11) is 0. The lowest BCUT2D eigenvalue weighted by Gasteiger charge is -2.04. The monoisotopic (exact) mass is 232 g/mol. The number of anilines is 1. The standard InChI is InChI=1S/C7H9BrN2O2/c8-5-3-10(1-2-11)4-6(9)7(5)12/h3-4,11H,1-2,9H2. The predicted octanol–water partition coefficient (Wildman–Crippen LogP) is 0.185. The smallest absolute Gasteiger partial charge is 0.218 e. The van der Waals surface area contributed by atoms with Crippen molar-refractivity contribution in [3.63, 3.8) is 0 Å². The van der Waals surface area contributed by atoms with E-state index in [1.54, 1.807) is 10.8 Å². The van der Waals surface area contributed by atoms with E-state index >= 15 is 0 Å². The average molecular weight is 233 g/mol. The topological polar surface area (TPSA) is 68.2 Å². The van der Waals surface area contributed by atoms with Crippen molar-refractivity contribution >= 4 is 21.6 Å². The fourth-order valence-electron chi connectivity index (χ4n) is 0.861. The lowest BCUT2D eigenvalue weighted by molar-refractivity contribution is 0.275. The Labute approximate surface area is 77.8 Å². The van der Waals surface area contributed by atoms with Gasteiger partial charge in [0.15, 0.2) is 0 Å². The first-order valence-electron chi connectivity index (χ1n) is 3.41. The van der Waals surface area contributed by atoms with Crippen molar-refractivity contribution in [2.45, 2.75) is 6.54 Å². The van der Waals surface area contributed by atoms with Crippen LogP contribution in [0.15, 0.2) is 21.7 Å². The number of nitrogen functional groups attached to an aromatic ring is 1. The Morgan fingerprint density at radius 1 is 1.58 bits per heavy atom. The highest BCUT2D eigenvalue weighted by Crippen LogP contribution is 2.05. The second-order valence-electron chi connectivity index (χ2n) is 2.35. The summed E-state index contributed by atoms with van der Waals surface area (Å²) in [5.74, 6) is 0. The molecule has 0 amide bonds. The van der Waals surface area contributed by atoms with Gasteiger partial charge in [0, 0.05) is 18.9 Å². The van der Waals surface area contributed by atoms with Crippen molar-refractivity contribution in [3.05, 3.63) is 27.1 Å². The van der Waals surface area contributed by atoms with E-state index in [0.717, 1.165) is 0 Å². The van der Waals surface area contributed by atoms with Crippen molar-refractivity contribution in [1.82, 2.24) is 4.57 Å². The molecule has 5 heteroatoms. The van der Waals surface area contributed by atoms with Gasteiger partial charge in [-0.05, 0) is 15.9 Å². The van der Waals surface area contributed by atoms with Crippen LogP contribution in [0.1, 0.15) is 0 Å². The van der Waals surface area contributed by atoms with E-state index < -0.39 is 0 Å². The van der Waals surface area contributed by atoms with E-state index in [1.165, 1.54) is 6.20 Å². The third-order valence-corrected chi connectivity index (χ3v) is 1.99. The van der Waals surface area contributed by atoms with Crippen LogP contribution in [-0.2, 0) is 6.54 Å². The zero-order valence-corrected chi connectivity index (χ0v) is 7.91. The van der Waals surface area contributed by atoms with E-state index in [4.69, 9.17) is 10.8 Å². The fraction of sp³-hybridized carbons (Fsp3) is 0.286. The number of nitrogens with two attached hydrogens (primary N) is 1. The van der Waals surface area contributed by atoms with Crippen LogP contribution in [0.5, 0.6) is 0 Å². The molecule has 0 fully saturated rings. The highest BCUT2D eigenvalue weighted by molar-refractivity contribution is 9.10. The average Bonchev–Trinajstić information content (AvgIpc) is 2.01. The van der Waals surface area contributed by atoms with Crippen molar-refractivity contribution < 1.29 is 5.11 Å². The Morgan fingerprint density at radius 2 is 2.25 bits per heavy atom. The fourth-order valence-corrected chi connectivity index (χ4v) is 1.35. The summed E-state index contributed by atoms with van der Waals surface area (Å²) < 4.78 is 2.07. The first-order chi connectivity index (χ1) is 5.65. The molecule has 0 saturated heterocycles. The molecule has 1 aromatic heterocycles. The number of halogens is 1. The first-order valence-corrected chi connectivity index (χ1v) is 4.20. The molecular formula is C7H9BrN2O2. The Balaban J connectivity index is 3.13. The molecule has 0 aliphatic carbocycles. The van der Waals surface area contributed by atoms with Crippen molar-refractivity contribution in [1.29, 1.82) is 0 Å². The third kappa shape index (κ3) is 1.86. The molecule has 1 heterocycles. The number of hydrogen-bond acceptors (Lipinski definition) is 3. The maximum atomic E-state index is 11.1. The number of aliphatic hydroxyl groups excluding tert-OH is 1. The van der Waals surface area contributed by atoms with Crippen LogP contribution in [0, 0.1) is 0 Å². The molecule has 4 nitrogen and oxygen atoms in total. The number of nitrogens with zero attached hydrogens (tertiary/aromatic N) is 1. The maximum Gasteiger partial charge on any atom is 0.218 e. The molecule has 0 aromatic carbocycles. The zero-order chi connectivity index (χ0) is 9.14. The van der Waals surface area contributed by atoms with E-state index in [2.05, 4.69) is 15.9 Å². The van der Waals surface area contributed by atoms with Gasteiger partial charge in [0.05, 0.1) is 16.8 Å².